The standard InChI is InChI=1S/C7H15.Al.2H/c1-3-5-7-6-4-2;;;/h1,3-7H2,2H3;;;. The van der Waals surface area contributed by atoms with Gasteiger partial charge in [0.15, 0.2) is 0 Å². The fourth-order valence-corrected chi connectivity index (χ4v) is 1.35. The van der Waals surface area contributed by atoms with Gasteiger partial charge in [-0.25, -0.2) is 0 Å². The third kappa shape index (κ3) is 6.53. The summed E-state index contributed by atoms with van der Waals surface area (Å²) >= 11 is 1.41. The molecule has 0 heterocycles. The van der Waals surface area contributed by atoms with Gasteiger partial charge in [0.25, 0.3) is 0 Å². The van der Waals surface area contributed by atoms with E-state index in [0.29, 0.717) is 0 Å². The summed E-state index contributed by atoms with van der Waals surface area (Å²) in [7, 11) is 0. The predicted molar refractivity (Wildman–Crippen MR) is 42.1 cm³/mol. The smallest absolute Gasteiger partial charge is 0.101 e. The Morgan fingerprint density at radius 2 is 1.62 bits per heavy atom. The summed E-state index contributed by atoms with van der Waals surface area (Å²) in [6.45, 7) is 2.26. The summed E-state index contributed by atoms with van der Waals surface area (Å²) in [5.74, 6) is 0. The Balaban J connectivity index is 2.53. The second kappa shape index (κ2) is 7.53. The van der Waals surface area contributed by atoms with Crippen LogP contribution in [0.5, 0.6) is 0 Å². The highest BCUT2D eigenvalue weighted by atomic mass is 27.0. The molecule has 0 amide bonds. The van der Waals surface area contributed by atoms with Crippen molar-refractivity contribution in [3.05, 3.63) is 0 Å². The van der Waals surface area contributed by atoms with E-state index < -0.39 is 0 Å². The number of hydrogen-bond donors (Lipinski definition) is 0. The maximum absolute atomic E-state index is 2.26. The minimum atomic E-state index is 1.38. The molecule has 0 radical (unpaired) electrons. The molecule has 0 N–H and O–H groups in total. The molecule has 0 aliphatic carbocycles. The van der Waals surface area contributed by atoms with E-state index in [0.717, 1.165) is 0 Å². The fourth-order valence-electron chi connectivity index (χ4n) is 0.854. The van der Waals surface area contributed by atoms with Crippen molar-refractivity contribution in [2.75, 3.05) is 0 Å². The van der Waals surface area contributed by atoms with Crippen molar-refractivity contribution >= 4 is 16.3 Å². The molecule has 0 aromatic rings. The van der Waals surface area contributed by atoms with Gasteiger partial charge in [-0.15, -0.1) is 5.28 Å². The van der Waals surface area contributed by atoms with E-state index in [-0.39, 0.29) is 0 Å². The Bertz CT molecular complexity index is 29.4. The van der Waals surface area contributed by atoms with Gasteiger partial charge in [0, 0.05) is 0 Å². The van der Waals surface area contributed by atoms with Gasteiger partial charge in [0.05, 0.1) is 0 Å². The lowest BCUT2D eigenvalue weighted by atomic mass is 10.2. The first-order valence-electron chi connectivity index (χ1n) is 3.91. The Morgan fingerprint density at radius 1 is 1.00 bits per heavy atom. The molecular formula is C7H17Al. The summed E-state index contributed by atoms with van der Waals surface area (Å²) in [6, 6.07) is 0. The molecule has 0 saturated heterocycles. The molecule has 0 fully saturated rings. The van der Waals surface area contributed by atoms with Crippen LogP contribution < -0.4 is 0 Å². The molecule has 0 saturated carbocycles. The Hall–Kier alpha value is 0.532. The van der Waals surface area contributed by atoms with Crippen LogP contribution in [0.3, 0.4) is 0 Å². The van der Waals surface area contributed by atoms with Crippen LogP contribution >= 0.6 is 0 Å². The maximum Gasteiger partial charge on any atom is 0.211 e. The van der Waals surface area contributed by atoms with Gasteiger partial charge in [-0.05, 0) is 0 Å². The van der Waals surface area contributed by atoms with E-state index in [1.54, 1.807) is 0 Å². The number of hydrogen-bond acceptors (Lipinski definition) is 0. The monoisotopic (exact) mass is 128 g/mol. The topological polar surface area (TPSA) is 0 Å². The molecule has 0 nitrogen and oxygen atoms in total. The maximum atomic E-state index is 2.26. The molecule has 0 aromatic carbocycles. The van der Waals surface area contributed by atoms with E-state index in [2.05, 4.69) is 6.92 Å². The van der Waals surface area contributed by atoms with Gasteiger partial charge in [-0.2, -0.15) is 0 Å². The van der Waals surface area contributed by atoms with E-state index in [1.165, 1.54) is 53.7 Å². The lowest BCUT2D eigenvalue weighted by Gasteiger charge is -1.93. The zero-order valence-electron chi connectivity index (χ0n) is 6.24. The first-order valence-corrected chi connectivity index (χ1v) is 5.33. The van der Waals surface area contributed by atoms with E-state index in [4.69, 9.17) is 0 Å². The van der Waals surface area contributed by atoms with Crippen molar-refractivity contribution in [2.24, 2.45) is 0 Å². The fraction of sp³-hybridized carbons (Fsp3) is 1.00. The lowest BCUT2D eigenvalue weighted by molar-refractivity contribution is 0.656. The molecule has 0 spiro atoms. The van der Waals surface area contributed by atoms with Gasteiger partial charge in [0.2, 0.25) is 16.3 Å². The first kappa shape index (κ1) is 8.53. The molecule has 0 aliphatic rings. The van der Waals surface area contributed by atoms with Crippen LogP contribution in [0.4, 0.5) is 0 Å². The molecule has 0 unspecified atom stereocenters. The Kier molecular flexibility index (Phi) is 8.03. The number of rotatable bonds is 5. The van der Waals surface area contributed by atoms with Gasteiger partial charge in [0.1, 0.15) is 0 Å². The lowest BCUT2D eigenvalue weighted by Crippen LogP contribution is -1.75. The summed E-state index contributed by atoms with van der Waals surface area (Å²) in [5.41, 5.74) is 0. The molecule has 0 atom stereocenters. The van der Waals surface area contributed by atoms with Crippen LogP contribution in [0.2, 0.25) is 5.28 Å². The van der Waals surface area contributed by atoms with Crippen molar-refractivity contribution in [1.29, 1.82) is 0 Å². The molecule has 48 valence electrons. The molecule has 0 aromatic heterocycles. The molecule has 1 heteroatoms. The first-order chi connectivity index (χ1) is 3.91. The SMILES string of the molecule is CCCCCC[CH2][AlH2]. The van der Waals surface area contributed by atoms with Crippen LogP contribution in [0.15, 0.2) is 0 Å². The van der Waals surface area contributed by atoms with Gasteiger partial charge >= 0.3 is 0 Å². The minimum Gasteiger partial charge on any atom is -0.101 e. The Morgan fingerprint density at radius 3 is 2.12 bits per heavy atom. The molecule has 0 aliphatic heterocycles. The zero-order valence-corrected chi connectivity index (χ0v) is 8.24. The summed E-state index contributed by atoms with van der Waals surface area (Å²) in [4.78, 5) is 0. The van der Waals surface area contributed by atoms with E-state index in [1.807, 2.05) is 0 Å². The third-order valence-electron chi connectivity index (χ3n) is 1.46. The molecule has 8 heavy (non-hydrogen) atoms. The van der Waals surface area contributed by atoms with Crippen LogP contribution in [-0.4, -0.2) is 16.3 Å². The average molecular weight is 128 g/mol. The highest BCUT2D eigenvalue weighted by Crippen LogP contribution is 2.02. The zero-order chi connectivity index (χ0) is 6.24. The third-order valence-corrected chi connectivity index (χ3v) is 2.16. The highest BCUT2D eigenvalue weighted by molar-refractivity contribution is 6.08. The van der Waals surface area contributed by atoms with Crippen LogP contribution in [-0.2, 0) is 0 Å². The molecule has 0 bridgehead atoms. The van der Waals surface area contributed by atoms with Crippen molar-refractivity contribution in [3.63, 3.8) is 0 Å². The largest absolute Gasteiger partial charge is 0.211 e. The summed E-state index contributed by atoms with van der Waals surface area (Å²) in [5, 5.41) is 1.50. The normalized spacial score (nSPS) is 9.62. The second-order valence-corrected chi connectivity index (χ2v) is 3.41. The predicted octanol–water partition coefficient (Wildman–Crippen LogP) is 2.01. The van der Waals surface area contributed by atoms with Crippen LogP contribution in [0.1, 0.15) is 39.0 Å². The molecule has 0 rings (SSSR count). The van der Waals surface area contributed by atoms with Crippen LogP contribution in [0.25, 0.3) is 0 Å². The van der Waals surface area contributed by atoms with E-state index in [9.17, 15) is 0 Å². The average Bonchev–Trinajstić information content (AvgIpc) is 1.81. The van der Waals surface area contributed by atoms with Gasteiger partial charge < -0.3 is 0 Å². The highest BCUT2D eigenvalue weighted by Gasteiger charge is 1.83. The van der Waals surface area contributed by atoms with Crippen LogP contribution in [0, 0.1) is 0 Å². The van der Waals surface area contributed by atoms with Crippen molar-refractivity contribution in [1.82, 2.24) is 0 Å². The summed E-state index contributed by atoms with van der Waals surface area (Å²) < 4.78 is 0. The second-order valence-electron chi connectivity index (χ2n) is 2.41. The Labute approximate surface area is 61.1 Å². The minimum absolute atomic E-state index is 1.38. The van der Waals surface area contributed by atoms with Crippen molar-refractivity contribution in [3.8, 4) is 0 Å². The van der Waals surface area contributed by atoms with Gasteiger partial charge in [-0.1, -0.05) is 39.0 Å². The quantitative estimate of drug-likeness (QED) is 0.392. The van der Waals surface area contributed by atoms with Crippen molar-refractivity contribution in [2.45, 2.75) is 44.3 Å². The number of unbranched alkanes of at least 4 members (excludes halogenated alkanes) is 4. The van der Waals surface area contributed by atoms with Gasteiger partial charge in [-0.3, -0.25) is 0 Å². The van der Waals surface area contributed by atoms with Crippen molar-refractivity contribution < 1.29 is 0 Å². The molecular weight excluding hydrogens is 111 g/mol. The summed E-state index contributed by atoms with van der Waals surface area (Å²) in [6.07, 6.45) is 7.27. The van der Waals surface area contributed by atoms with E-state index >= 15 is 0 Å².